The first-order chi connectivity index (χ1) is 18.0. The first-order valence-electron chi connectivity index (χ1n) is 12.5. The van der Waals surface area contributed by atoms with Gasteiger partial charge in [0, 0.05) is 30.3 Å². The Morgan fingerprint density at radius 2 is 1.62 bits per heavy atom. The number of fused-ring (bicyclic) bond motifs is 2. The Morgan fingerprint density at radius 3 is 2.21 bits per heavy atom. The number of primary amides is 1. The highest BCUT2D eigenvalue weighted by Crippen LogP contribution is 2.35. The molecule has 3 aromatic heterocycles. The fraction of sp³-hybridized carbons (Fsp3) is 0.393. The zero-order chi connectivity index (χ0) is 29.0. The lowest BCUT2D eigenvalue weighted by atomic mass is 10.0. The van der Waals surface area contributed by atoms with Crippen molar-refractivity contribution < 1.29 is 23.9 Å². The lowest BCUT2D eigenvalue weighted by Crippen LogP contribution is -2.35. The molecule has 0 saturated carbocycles. The monoisotopic (exact) mass is 534 g/mol. The minimum absolute atomic E-state index is 0.0823. The standard InChI is InChI=1S/C28H34N6O5/c1-15-10-16(2)22-17(11-15)19(14-33(22)26(37)39-28(6,7)8)20-12-21(32(9)25(36)38-27(3,4)5)34-24(31-20)18(13-30-34)23(29)35/h10-14H,1-9H3,(H2,29,35). The van der Waals surface area contributed by atoms with Crippen molar-refractivity contribution in [1.29, 1.82) is 0 Å². The normalized spacial score (nSPS) is 12.1. The highest BCUT2D eigenvalue weighted by Gasteiger charge is 2.27. The van der Waals surface area contributed by atoms with Crippen molar-refractivity contribution in [3.05, 3.63) is 47.3 Å². The second-order valence-electron chi connectivity index (χ2n) is 11.6. The molecule has 0 radical (unpaired) electrons. The number of hydrogen-bond acceptors (Lipinski definition) is 7. The number of aryl methyl sites for hydroxylation is 2. The van der Waals surface area contributed by atoms with Crippen LogP contribution in [0.2, 0.25) is 0 Å². The van der Waals surface area contributed by atoms with E-state index in [4.69, 9.17) is 20.2 Å². The Morgan fingerprint density at radius 1 is 0.974 bits per heavy atom. The van der Waals surface area contributed by atoms with Crippen molar-refractivity contribution in [2.75, 3.05) is 11.9 Å². The number of rotatable bonds is 3. The number of ether oxygens (including phenoxy) is 2. The van der Waals surface area contributed by atoms with E-state index in [1.165, 1.54) is 27.2 Å². The van der Waals surface area contributed by atoms with Gasteiger partial charge in [-0.2, -0.15) is 9.61 Å². The van der Waals surface area contributed by atoms with Gasteiger partial charge in [0.2, 0.25) is 0 Å². The average molecular weight is 535 g/mol. The molecule has 0 spiro atoms. The second kappa shape index (κ2) is 9.40. The quantitative estimate of drug-likeness (QED) is 0.381. The Balaban J connectivity index is 2.01. The molecule has 11 heteroatoms. The molecular weight excluding hydrogens is 500 g/mol. The third-order valence-electron chi connectivity index (χ3n) is 5.83. The number of carbonyl (C=O) groups is 3. The van der Waals surface area contributed by atoms with E-state index >= 15 is 0 Å². The Kier molecular flexibility index (Phi) is 6.66. The summed E-state index contributed by atoms with van der Waals surface area (Å²) < 4.78 is 14.0. The van der Waals surface area contributed by atoms with Crippen LogP contribution in [-0.2, 0) is 9.47 Å². The van der Waals surface area contributed by atoms with Gasteiger partial charge in [0.05, 0.1) is 17.4 Å². The van der Waals surface area contributed by atoms with Gasteiger partial charge >= 0.3 is 12.2 Å². The fourth-order valence-electron chi connectivity index (χ4n) is 4.33. The van der Waals surface area contributed by atoms with Crippen molar-refractivity contribution in [1.82, 2.24) is 19.2 Å². The van der Waals surface area contributed by atoms with Gasteiger partial charge in [-0.25, -0.2) is 14.6 Å². The molecule has 4 rings (SSSR count). The van der Waals surface area contributed by atoms with Gasteiger partial charge in [-0.05, 0) is 67.0 Å². The predicted octanol–water partition coefficient (Wildman–Crippen LogP) is 5.22. The smallest absolute Gasteiger partial charge is 0.419 e. The lowest BCUT2D eigenvalue weighted by Gasteiger charge is -2.25. The van der Waals surface area contributed by atoms with E-state index in [9.17, 15) is 14.4 Å². The van der Waals surface area contributed by atoms with E-state index < -0.39 is 29.3 Å². The molecule has 0 atom stereocenters. The van der Waals surface area contributed by atoms with Gasteiger partial charge in [-0.1, -0.05) is 11.6 Å². The number of amides is 2. The first-order valence-corrected chi connectivity index (χ1v) is 12.5. The SMILES string of the molecule is Cc1cc(C)c2c(c1)c(-c1cc(N(C)C(=O)OC(C)(C)C)n3ncc(C(N)=O)c3n1)cn2C(=O)OC(C)(C)C. The van der Waals surface area contributed by atoms with Gasteiger partial charge in [0.25, 0.3) is 5.91 Å². The molecule has 0 fully saturated rings. The van der Waals surface area contributed by atoms with E-state index in [0.29, 0.717) is 22.6 Å². The Bertz CT molecular complexity index is 1630. The second-order valence-corrected chi connectivity index (χ2v) is 11.6. The molecule has 0 saturated heterocycles. The van der Waals surface area contributed by atoms with Gasteiger partial charge < -0.3 is 15.2 Å². The largest absolute Gasteiger partial charge is 0.443 e. The van der Waals surface area contributed by atoms with E-state index in [-0.39, 0.29) is 11.2 Å². The molecule has 0 aliphatic carbocycles. The summed E-state index contributed by atoms with van der Waals surface area (Å²) in [7, 11) is 1.54. The molecular formula is C28H34N6O5. The van der Waals surface area contributed by atoms with Crippen LogP contribution in [-0.4, -0.2) is 55.5 Å². The zero-order valence-corrected chi connectivity index (χ0v) is 23.7. The predicted molar refractivity (Wildman–Crippen MR) is 148 cm³/mol. The highest BCUT2D eigenvalue weighted by atomic mass is 16.6. The van der Waals surface area contributed by atoms with Gasteiger partial charge in [0.1, 0.15) is 22.6 Å². The maximum atomic E-state index is 13.2. The summed E-state index contributed by atoms with van der Waals surface area (Å²) in [6.07, 6.45) is 1.79. The van der Waals surface area contributed by atoms with Crippen molar-refractivity contribution >= 4 is 40.5 Å². The number of benzene rings is 1. The fourth-order valence-corrected chi connectivity index (χ4v) is 4.33. The van der Waals surface area contributed by atoms with Crippen molar-refractivity contribution in [2.24, 2.45) is 5.73 Å². The molecule has 2 amide bonds. The molecule has 1 aromatic carbocycles. The maximum Gasteiger partial charge on any atom is 0.419 e. The van der Waals surface area contributed by atoms with Crippen molar-refractivity contribution in [3.63, 3.8) is 0 Å². The van der Waals surface area contributed by atoms with E-state index in [0.717, 1.165) is 16.5 Å². The lowest BCUT2D eigenvalue weighted by molar-refractivity contribution is 0.0541. The van der Waals surface area contributed by atoms with Gasteiger partial charge in [0.15, 0.2) is 5.65 Å². The van der Waals surface area contributed by atoms with Crippen LogP contribution in [0.25, 0.3) is 27.8 Å². The Labute approximate surface area is 226 Å². The summed E-state index contributed by atoms with van der Waals surface area (Å²) >= 11 is 0. The summed E-state index contributed by atoms with van der Waals surface area (Å²) in [4.78, 5) is 44.5. The summed E-state index contributed by atoms with van der Waals surface area (Å²) in [6.45, 7) is 14.6. The molecule has 3 heterocycles. The summed E-state index contributed by atoms with van der Waals surface area (Å²) in [5, 5.41) is 5.01. The number of nitrogens with zero attached hydrogens (tertiary/aromatic N) is 5. The van der Waals surface area contributed by atoms with Crippen LogP contribution >= 0.6 is 0 Å². The minimum Gasteiger partial charge on any atom is -0.443 e. The van der Waals surface area contributed by atoms with Gasteiger partial charge in [-0.15, -0.1) is 0 Å². The molecule has 4 aromatic rings. The molecule has 206 valence electrons. The van der Waals surface area contributed by atoms with Crippen molar-refractivity contribution in [2.45, 2.75) is 66.6 Å². The topological polar surface area (TPSA) is 134 Å². The number of nitrogens with two attached hydrogens (primary N) is 1. The number of aromatic nitrogens is 4. The van der Waals surface area contributed by atoms with Crippen LogP contribution in [0, 0.1) is 13.8 Å². The van der Waals surface area contributed by atoms with E-state index in [2.05, 4.69) is 5.10 Å². The number of anilines is 1. The first kappa shape index (κ1) is 27.6. The third kappa shape index (κ3) is 5.43. The number of hydrogen-bond donors (Lipinski definition) is 1. The van der Waals surface area contributed by atoms with E-state index in [1.807, 2.05) is 26.0 Å². The molecule has 39 heavy (non-hydrogen) atoms. The number of carbonyl (C=O) groups excluding carboxylic acids is 3. The summed E-state index contributed by atoms with van der Waals surface area (Å²) in [6, 6.07) is 5.58. The van der Waals surface area contributed by atoms with Gasteiger partial charge in [-0.3, -0.25) is 14.3 Å². The van der Waals surface area contributed by atoms with Crippen LogP contribution in [0.15, 0.2) is 30.6 Å². The minimum atomic E-state index is -0.737. The average Bonchev–Trinajstić information content (AvgIpc) is 3.37. The summed E-state index contributed by atoms with van der Waals surface area (Å²) in [5.41, 5.74) is 7.92. The maximum absolute atomic E-state index is 13.2. The molecule has 0 aliphatic rings. The zero-order valence-electron chi connectivity index (χ0n) is 23.7. The van der Waals surface area contributed by atoms with E-state index in [1.54, 1.807) is 53.8 Å². The van der Waals surface area contributed by atoms with Crippen LogP contribution in [0.5, 0.6) is 0 Å². The molecule has 0 unspecified atom stereocenters. The van der Waals surface area contributed by atoms with Crippen LogP contribution in [0.3, 0.4) is 0 Å². The summed E-state index contributed by atoms with van der Waals surface area (Å²) in [5.74, 6) is -0.428. The molecule has 11 nitrogen and oxygen atoms in total. The third-order valence-corrected chi connectivity index (χ3v) is 5.83. The van der Waals surface area contributed by atoms with Crippen LogP contribution < -0.4 is 10.6 Å². The molecule has 0 bridgehead atoms. The highest BCUT2D eigenvalue weighted by molar-refractivity contribution is 6.03. The van der Waals surface area contributed by atoms with Crippen LogP contribution in [0.1, 0.15) is 63.0 Å². The van der Waals surface area contributed by atoms with Crippen molar-refractivity contribution in [3.8, 4) is 11.3 Å². The molecule has 0 aliphatic heterocycles. The molecule has 2 N–H and O–H groups in total. The van der Waals surface area contributed by atoms with Crippen LogP contribution in [0.4, 0.5) is 15.4 Å². The Hall–Kier alpha value is -4.41.